The van der Waals surface area contributed by atoms with Gasteiger partial charge in [0.1, 0.15) is 18.2 Å². The molecule has 0 spiro atoms. The second-order valence-corrected chi connectivity index (χ2v) is 6.44. The van der Waals surface area contributed by atoms with Gasteiger partial charge in [0.15, 0.2) is 11.5 Å². The van der Waals surface area contributed by atoms with Gasteiger partial charge >= 0.3 is 5.97 Å². The summed E-state index contributed by atoms with van der Waals surface area (Å²) in [6.07, 6.45) is 0.541. The zero-order valence-electron chi connectivity index (χ0n) is 16.5. The number of aromatic nitrogens is 2. The molecule has 2 aromatic carbocycles. The van der Waals surface area contributed by atoms with Gasteiger partial charge < -0.3 is 19.3 Å². The summed E-state index contributed by atoms with van der Waals surface area (Å²) < 4.78 is 17.7. The Bertz CT molecular complexity index is 1090. The molecule has 1 aromatic heterocycles. The molecule has 0 fully saturated rings. The number of fused-ring (bicyclic) bond motifs is 1. The summed E-state index contributed by atoms with van der Waals surface area (Å²) >= 11 is 0. The Kier molecular flexibility index (Phi) is 6.01. The predicted molar refractivity (Wildman–Crippen MR) is 107 cm³/mol. The molecule has 3 rings (SSSR count). The van der Waals surface area contributed by atoms with E-state index in [0.717, 1.165) is 5.56 Å². The molecule has 0 atom stereocenters. The molecule has 0 saturated heterocycles. The molecule has 8 heteroatoms. The van der Waals surface area contributed by atoms with Crippen LogP contribution >= 0.6 is 0 Å². The first-order chi connectivity index (χ1) is 13.9. The molecule has 29 heavy (non-hydrogen) atoms. The zero-order chi connectivity index (χ0) is 21.0. The van der Waals surface area contributed by atoms with Crippen LogP contribution in [0.1, 0.15) is 17.8 Å². The summed E-state index contributed by atoms with van der Waals surface area (Å²) in [5, 5.41) is 9.18. The molecular formula is C21H22N2O6. The quantitative estimate of drug-likeness (QED) is 0.622. The maximum absolute atomic E-state index is 12.7. The van der Waals surface area contributed by atoms with Crippen molar-refractivity contribution in [3.05, 3.63) is 58.1 Å². The van der Waals surface area contributed by atoms with Gasteiger partial charge in [-0.2, -0.15) is 0 Å². The van der Waals surface area contributed by atoms with Crippen molar-refractivity contribution in [1.82, 2.24) is 9.55 Å². The normalized spacial score (nSPS) is 10.7. The second-order valence-electron chi connectivity index (χ2n) is 6.44. The number of benzene rings is 2. The van der Waals surface area contributed by atoms with Crippen LogP contribution in [0.25, 0.3) is 10.9 Å². The van der Waals surface area contributed by atoms with Crippen LogP contribution in [-0.2, 0) is 24.9 Å². The second kappa shape index (κ2) is 8.64. The third-order valence-electron chi connectivity index (χ3n) is 4.59. The first-order valence-electron chi connectivity index (χ1n) is 8.98. The zero-order valence-corrected chi connectivity index (χ0v) is 16.5. The first kappa shape index (κ1) is 20.2. The van der Waals surface area contributed by atoms with Crippen molar-refractivity contribution in [2.75, 3.05) is 14.2 Å². The molecule has 0 bridgehead atoms. The third-order valence-corrected chi connectivity index (χ3v) is 4.59. The van der Waals surface area contributed by atoms with E-state index in [2.05, 4.69) is 4.98 Å². The molecular weight excluding hydrogens is 376 g/mol. The fourth-order valence-electron chi connectivity index (χ4n) is 2.92. The summed E-state index contributed by atoms with van der Waals surface area (Å²) in [6.45, 7) is 0.102. The van der Waals surface area contributed by atoms with Crippen molar-refractivity contribution in [3.63, 3.8) is 0 Å². The molecule has 3 aromatic rings. The molecule has 1 N–H and O–H groups in total. The van der Waals surface area contributed by atoms with E-state index in [1.54, 1.807) is 31.3 Å². The highest BCUT2D eigenvalue weighted by Crippen LogP contribution is 2.30. The van der Waals surface area contributed by atoms with E-state index < -0.39 is 5.97 Å². The van der Waals surface area contributed by atoms with Crippen LogP contribution in [0.5, 0.6) is 17.2 Å². The fourth-order valence-corrected chi connectivity index (χ4v) is 2.92. The maximum atomic E-state index is 12.7. The van der Waals surface area contributed by atoms with Gasteiger partial charge in [-0.3, -0.25) is 14.2 Å². The lowest BCUT2D eigenvalue weighted by molar-refractivity contribution is -0.136. The molecule has 0 radical (unpaired) electrons. The summed E-state index contributed by atoms with van der Waals surface area (Å²) in [7, 11) is 4.67. The first-order valence-corrected chi connectivity index (χ1v) is 8.98. The Hall–Kier alpha value is -3.55. The van der Waals surface area contributed by atoms with Gasteiger partial charge in [-0.05, 0) is 30.2 Å². The van der Waals surface area contributed by atoms with Crippen LogP contribution in [0, 0.1) is 0 Å². The molecule has 0 unspecified atom stereocenters. The summed E-state index contributed by atoms with van der Waals surface area (Å²) in [6, 6.07) is 10.5. The van der Waals surface area contributed by atoms with Crippen LogP contribution in [0.15, 0.2) is 41.2 Å². The molecule has 8 nitrogen and oxygen atoms in total. The Morgan fingerprint density at radius 2 is 1.76 bits per heavy atom. The molecule has 0 aliphatic heterocycles. The number of aryl methyl sites for hydroxylation is 1. The van der Waals surface area contributed by atoms with E-state index in [9.17, 15) is 9.59 Å². The van der Waals surface area contributed by atoms with Gasteiger partial charge in [-0.15, -0.1) is 0 Å². The predicted octanol–water partition coefficient (Wildman–Crippen LogP) is 2.55. The Morgan fingerprint density at radius 1 is 1.10 bits per heavy atom. The molecule has 152 valence electrons. The van der Waals surface area contributed by atoms with Gasteiger partial charge in [-0.1, -0.05) is 12.1 Å². The minimum absolute atomic E-state index is 0.0809. The Morgan fingerprint density at radius 3 is 2.38 bits per heavy atom. The van der Waals surface area contributed by atoms with Crippen LogP contribution in [0.2, 0.25) is 0 Å². The number of rotatable bonds is 8. The van der Waals surface area contributed by atoms with E-state index in [1.165, 1.54) is 18.8 Å². The minimum atomic E-state index is -0.831. The summed E-state index contributed by atoms with van der Waals surface area (Å²) in [5.74, 6) is 1.19. The number of hydrogen-bond donors (Lipinski definition) is 1. The van der Waals surface area contributed by atoms with Gasteiger partial charge in [-0.25, -0.2) is 4.98 Å². The average Bonchev–Trinajstić information content (AvgIpc) is 2.73. The standard InChI is InChI=1S/C21H22N2O6/c1-23-19(12-29-14-7-4-13(5-8-14)6-9-20(24)25)22-16-11-18(28-3)17(27-2)10-15(16)21(23)26/h4-5,7-8,10-11H,6,9,12H2,1-3H3,(H,24,25). The number of nitrogens with zero attached hydrogens (tertiary/aromatic N) is 2. The van der Waals surface area contributed by atoms with Crippen LogP contribution < -0.4 is 19.8 Å². The van der Waals surface area contributed by atoms with Crippen LogP contribution in [0.3, 0.4) is 0 Å². The fraction of sp³-hybridized carbons (Fsp3) is 0.286. The van der Waals surface area contributed by atoms with Crippen molar-refractivity contribution >= 4 is 16.9 Å². The molecule has 1 heterocycles. The number of carboxylic acid groups (broad SMARTS) is 1. The lowest BCUT2D eigenvalue weighted by Crippen LogP contribution is -2.23. The van der Waals surface area contributed by atoms with E-state index in [1.807, 2.05) is 12.1 Å². The summed E-state index contributed by atoms with van der Waals surface area (Å²) in [5.41, 5.74) is 1.20. The Balaban J connectivity index is 1.82. The van der Waals surface area contributed by atoms with E-state index in [0.29, 0.717) is 40.4 Å². The van der Waals surface area contributed by atoms with Crippen LogP contribution in [0.4, 0.5) is 0 Å². The minimum Gasteiger partial charge on any atom is -0.493 e. The molecule has 0 aliphatic rings. The van der Waals surface area contributed by atoms with Crippen molar-refractivity contribution in [2.45, 2.75) is 19.4 Å². The molecule has 0 saturated carbocycles. The highest BCUT2D eigenvalue weighted by atomic mass is 16.5. The largest absolute Gasteiger partial charge is 0.493 e. The van der Waals surface area contributed by atoms with Crippen molar-refractivity contribution < 1.29 is 24.1 Å². The number of aliphatic carboxylic acids is 1. The lowest BCUT2D eigenvalue weighted by atomic mass is 10.1. The molecule has 0 amide bonds. The van der Waals surface area contributed by atoms with Gasteiger partial charge in [0.25, 0.3) is 5.56 Å². The lowest BCUT2D eigenvalue weighted by Gasteiger charge is -2.13. The van der Waals surface area contributed by atoms with E-state index >= 15 is 0 Å². The number of carboxylic acids is 1. The smallest absolute Gasteiger partial charge is 0.303 e. The van der Waals surface area contributed by atoms with Gasteiger partial charge in [0, 0.05) is 19.5 Å². The number of carbonyl (C=O) groups is 1. The maximum Gasteiger partial charge on any atom is 0.303 e. The number of hydrogen-bond acceptors (Lipinski definition) is 6. The van der Waals surface area contributed by atoms with E-state index in [4.69, 9.17) is 19.3 Å². The number of ether oxygens (including phenoxy) is 3. The van der Waals surface area contributed by atoms with Gasteiger partial charge in [0.05, 0.1) is 25.1 Å². The topological polar surface area (TPSA) is 99.9 Å². The van der Waals surface area contributed by atoms with Crippen molar-refractivity contribution in [3.8, 4) is 17.2 Å². The molecule has 0 aliphatic carbocycles. The highest BCUT2D eigenvalue weighted by Gasteiger charge is 2.13. The van der Waals surface area contributed by atoms with Crippen molar-refractivity contribution in [2.24, 2.45) is 7.05 Å². The average molecular weight is 398 g/mol. The third kappa shape index (κ3) is 4.48. The monoisotopic (exact) mass is 398 g/mol. The number of methoxy groups -OCH3 is 2. The van der Waals surface area contributed by atoms with Gasteiger partial charge in [0.2, 0.25) is 0 Å². The van der Waals surface area contributed by atoms with E-state index in [-0.39, 0.29) is 18.6 Å². The highest BCUT2D eigenvalue weighted by molar-refractivity contribution is 5.82. The Labute approximate surface area is 167 Å². The SMILES string of the molecule is COc1cc2nc(COc3ccc(CCC(=O)O)cc3)n(C)c(=O)c2cc1OC. The van der Waals surface area contributed by atoms with Crippen molar-refractivity contribution in [1.29, 1.82) is 0 Å². The van der Waals surface area contributed by atoms with Crippen LogP contribution in [-0.4, -0.2) is 34.8 Å². The summed E-state index contributed by atoms with van der Waals surface area (Å²) in [4.78, 5) is 27.9.